The lowest BCUT2D eigenvalue weighted by atomic mass is 10.1. The zero-order valence-electron chi connectivity index (χ0n) is 13.5. The van der Waals surface area contributed by atoms with E-state index in [1.807, 2.05) is 61.5 Å². The van der Waals surface area contributed by atoms with Gasteiger partial charge in [-0.25, -0.2) is 0 Å². The Balaban J connectivity index is 1.64. The Hall–Kier alpha value is -3.47. The van der Waals surface area contributed by atoms with Gasteiger partial charge in [0.1, 0.15) is 11.4 Å². The number of anilines is 4. The number of benzene rings is 2. The summed E-state index contributed by atoms with van der Waals surface area (Å²) in [6.45, 7) is 1.99. The largest absolute Gasteiger partial charge is 0.350 e. The molecule has 5 nitrogen and oxygen atoms in total. The molecule has 0 bridgehead atoms. The van der Waals surface area contributed by atoms with E-state index in [-0.39, 0.29) is 5.69 Å². The standard InChI is InChI=1S/C20H15N3O2/c1-12-4-6-14(7-5-12)22-17-18(20(25)19(17)24)23-15-8-9-16-13(11-15)3-2-10-21-16/h2-11,22-23H,1H3. The van der Waals surface area contributed by atoms with Crippen molar-refractivity contribution < 1.29 is 0 Å². The highest BCUT2D eigenvalue weighted by molar-refractivity contribution is 5.86. The van der Waals surface area contributed by atoms with Gasteiger partial charge in [0.2, 0.25) is 0 Å². The molecule has 0 saturated heterocycles. The fourth-order valence-electron chi connectivity index (χ4n) is 2.71. The lowest BCUT2D eigenvalue weighted by molar-refractivity contribution is 1.35. The fraction of sp³-hybridized carbons (Fsp3) is 0.0500. The van der Waals surface area contributed by atoms with Crippen LogP contribution in [0.3, 0.4) is 0 Å². The minimum atomic E-state index is -0.513. The van der Waals surface area contributed by atoms with E-state index in [2.05, 4.69) is 15.6 Å². The predicted octanol–water partition coefficient (Wildman–Crippen LogP) is 3.63. The number of aryl methyl sites for hydroxylation is 1. The molecule has 0 saturated carbocycles. The van der Waals surface area contributed by atoms with Crippen molar-refractivity contribution in [1.82, 2.24) is 4.98 Å². The second kappa shape index (κ2) is 5.87. The summed E-state index contributed by atoms with van der Waals surface area (Å²) < 4.78 is 0. The van der Waals surface area contributed by atoms with Gasteiger partial charge in [-0.3, -0.25) is 14.6 Å². The zero-order valence-corrected chi connectivity index (χ0v) is 13.5. The van der Waals surface area contributed by atoms with E-state index < -0.39 is 10.9 Å². The van der Waals surface area contributed by atoms with Crippen molar-refractivity contribution in [3.8, 4) is 0 Å². The summed E-state index contributed by atoms with van der Waals surface area (Å²) in [4.78, 5) is 28.2. The molecular formula is C20H15N3O2. The highest BCUT2D eigenvalue weighted by Gasteiger charge is 2.21. The minimum absolute atomic E-state index is 0.286. The average molecular weight is 329 g/mol. The van der Waals surface area contributed by atoms with Crippen LogP contribution in [0.25, 0.3) is 10.9 Å². The Morgan fingerprint density at radius 2 is 1.44 bits per heavy atom. The van der Waals surface area contributed by atoms with Gasteiger partial charge in [0.15, 0.2) is 0 Å². The molecule has 0 unspecified atom stereocenters. The monoisotopic (exact) mass is 329 g/mol. The third-order valence-electron chi connectivity index (χ3n) is 4.10. The van der Waals surface area contributed by atoms with Crippen molar-refractivity contribution >= 4 is 33.7 Å². The van der Waals surface area contributed by atoms with Gasteiger partial charge in [0.05, 0.1) is 5.52 Å². The van der Waals surface area contributed by atoms with E-state index in [0.29, 0.717) is 5.69 Å². The summed E-state index contributed by atoms with van der Waals surface area (Å²) in [7, 11) is 0. The van der Waals surface area contributed by atoms with Gasteiger partial charge < -0.3 is 10.6 Å². The maximum absolute atomic E-state index is 12.0. The van der Waals surface area contributed by atoms with Crippen LogP contribution in [-0.2, 0) is 0 Å². The van der Waals surface area contributed by atoms with Crippen LogP contribution >= 0.6 is 0 Å². The summed E-state index contributed by atoms with van der Waals surface area (Å²) in [6.07, 6.45) is 1.73. The van der Waals surface area contributed by atoms with Gasteiger partial charge in [-0.05, 0) is 43.3 Å². The van der Waals surface area contributed by atoms with E-state index >= 15 is 0 Å². The summed E-state index contributed by atoms with van der Waals surface area (Å²) in [5.41, 5.74) is 3.05. The Morgan fingerprint density at radius 1 is 0.800 bits per heavy atom. The van der Waals surface area contributed by atoms with Gasteiger partial charge >= 0.3 is 0 Å². The Bertz CT molecular complexity index is 1140. The van der Waals surface area contributed by atoms with Gasteiger partial charge in [0.25, 0.3) is 10.9 Å². The molecule has 0 spiro atoms. The molecule has 0 aliphatic rings. The number of hydrogen-bond donors (Lipinski definition) is 2. The maximum atomic E-state index is 12.0. The van der Waals surface area contributed by atoms with E-state index in [0.717, 1.165) is 27.8 Å². The zero-order chi connectivity index (χ0) is 17.4. The highest BCUT2D eigenvalue weighted by Crippen LogP contribution is 2.26. The van der Waals surface area contributed by atoms with Crippen LogP contribution in [0.4, 0.5) is 22.7 Å². The molecule has 0 atom stereocenters. The number of aromatic nitrogens is 1. The SMILES string of the molecule is Cc1ccc(Nc2c(Nc3ccc4ncccc4c3)c(=O)c2=O)cc1. The van der Waals surface area contributed by atoms with Crippen LogP contribution in [0.2, 0.25) is 0 Å². The number of hydrogen-bond acceptors (Lipinski definition) is 5. The number of nitrogens with one attached hydrogen (secondary N) is 2. The first kappa shape index (κ1) is 15.1. The first-order valence-corrected chi connectivity index (χ1v) is 7.90. The molecule has 0 aliphatic carbocycles. The van der Waals surface area contributed by atoms with E-state index in [9.17, 15) is 9.59 Å². The van der Waals surface area contributed by atoms with Crippen molar-refractivity contribution in [2.75, 3.05) is 10.6 Å². The predicted molar refractivity (Wildman–Crippen MR) is 101 cm³/mol. The molecule has 2 N–H and O–H groups in total. The molecule has 25 heavy (non-hydrogen) atoms. The van der Waals surface area contributed by atoms with Crippen molar-refractivity contribution in [2.24, 2.45) is 0 Å². The number of fused-ring (bicyclic) bond motifs is 1. The lowest BCUT2D eigenvalue weighted by Gasteiger charge is -2.15. The normalized spacial score (nSPS) is 10.9. The average Bonchev–Trinajstić information content (AvgIpc) is 2.65. The fourth-order valence-corrected chi connectivity index (χ4v) is 2.71. The molecule has 1 aromatic heterocycles. The smallest absolute Gasteiger partial charge is 0.253 e. The Labute approximate surface area is 143 Å². The Morgan fingerprint density at radius 3 is 2.16 bits per heavy atom. The van der Waals surface area contributed by atoms with Crippen LogP contribution in [-0.4, -0.2) is 4.98 Å². The summed E-state index contributed by atoms with van der Waals surface area (Å²) in [5, 5.41) is 7.04. The van der Waals surface area contributed by atoms with Crippen LogP contribution in [0.1, 0.15) is 5.56 Å². The van der Waals surface area contributed by atoms with Gasteiger partial charge in [-0.15, -0.1) is 0 Å². The molecule has 122 valence electrons. The molecule has 0 fully saturated rings. The van der Waals surface area contributed by atoms with Crippen LogP contribution in [0.5, 0.6) is 0 Å². The third kappa shape index (κ3) is 2.76. The second-order valence-corrected chi connectivity index (χ2v) is 5.94. The Kier molecular flexibility index (Phi) is 3.54. The van der Waals surface area contributed by atoms with Crippen LogP contribution in [0.15, 0.2) is 70.4 Å². The molecular weight excluding hydrogens is 314 g/mol. The van der Waals surface area contributed by atoms with Crippen molar-refractivity contribution in [3.63, 3.8) is 0 Å². The molecule has 0 radical (unpaired) electrons. The summed E-state index contributed by atoms with van der Waals surface area (Å²) >= 11 is 0. The topological polar surface area (TPSA) is 71.1 Å². The molecule has 4 aromatic rings. The maximum Gasteiger partial charge on any atom is 0.253 e. The van der Waals surface area contributed by atoms with Crippen molar-refractivity contribution in [3.05, 3.63) is 86.8 Å². The van der Waals surface area contributed by atoms with Gasteiger partial charge in [0, 0.05) is 23.0 Å². The van der Waals surface area contributed by atoms with Crippen molar-refractivity contribution in [2.45, 2.75) is 6.92 Å². The van der Waals surface area contributed by atoms with Gasteiger partial charge in [-0.2, -0.15) is 0 Å². The molecule has 0 amide bonds. The first-order valence-electron chi connectivity index (χ1n) is 7.90. The lowest BCUT2D eigenvalue weighted by Crippen LogP contribution is -2.35. The molecule has 1 heterocycles. The first-order chi connectivity index (χ1) is 12.1. The third-order valence-corrected chi connectivity index (χ3v) is 4.10. The van der Waals surface area contributed by atoms with Crippen LogP contribution < -0.4 is 21.5 Å². The van der Waals surface area contributed by atoms with Gasteiger partial charge in [-0.1, -0.05) is 23.8 Å². The van der Waals surface area contributed by atoms with E-state index in [1.165, 1.54) is 0 Å². The minimum Gasteiger partial charge on any atom is -0.350 e. The molecule has 0 aliphatic heterocycles. The molecule has 5 heteroatoms. The van der Waals surface area contributed by atoms with Crippen molar-refractivity contribution in [1.29, 1.82) is 0 Å². The van der Waals surface area contributed by atoms with Crippen LogP contribution in [0, 0.1) is 6.92 Å². The van der Waals surface area contributed by atoms with E-state index in [4.69, 9.17) is 0 Å². The number of nitrogens with zero attached hydrogens (tertiary/aromatic N) is 1. The second-order valence-electron chi connectivity index (χ2n) is 5.94. The number of pyridine rings is 1. The number of rotatable bonds is 4. The quantitative estimate of drug-likeness (QED) is 0.560. The summed E-state index contributed by atoms with van der Waals surface area (Å²) in [5.74, 6) is 0. The molecule has 4 rings (SSSR count). The summed E-state index contributed by atoms with van der Waals surface area (Å²) in [6, 6.07) is 17.0. The van der Waals surface area contributed by atoms with E-state index in [1.54, 1.807) is 6.20 Å². The highest BCUT2D eigenvalue weighted by atomic mass is 16.2. The molecule has 3 aromatic carbocycles.